The van der Waals surface area contributed by atoms with Crippen LogP contribution in [0, 0.1) is 13.8 Å². The van der Waals surface area contributed by atoms with Gasteiger partial charge < -0.3 is 30.4 Å². The number of hydrogen-bond donors (Lipinski definition) is 6. The van der Waals surface area contributed by atoms with Gasteiger partial charge in [0.1, 0.15) is 0 Å². The molecule has 8 heteroatoms. The summed E-state index contributed by atoms with van der Waals surface area (Å²) in [5.74, 6) is 0.00668. The number of H-pyrrole nitrogens is 2. The molecule has 8 nitrogen and oxygen atoms in total. The molecule has 2 aliphatic heterocycles. The van der Waals surface area contributed by atoms with Crippen molar-refractivity contribution in [1.82, 2.24) is 19.9 Å². The van der Waals surface area contributed by atoms with Crippen molar-refractivity contribution in [1.29, 1.82) is 0 Å². The number of fused-ring (bicyclic) bond motifs is 8. The summed E-state index contributed by atoms with van der Waals surface area (Å²) < 4.78 is 0. The highest BCUT2D eigenvalue weighted by Gasteiger charge is 2.30. The zero-order valence-electron chi connectivity index (χ0n) is 25.1. The molecule has 8 bridgehead atoms. The van der Waals surface area contributed by atoms with Gasteiger partial charge in [-0.1, -0.05) is 26.5 Å². The summed E-state index contributed by atoms with van der Waals surface area (Å²) in [6.45, 7) is 14.6. The van der Waals surface area contributed by atoms with E-state index < -0.39 is 12.6 Å². The second-order valence-corrected chi connectivity index (χ2v) is 11.6. The molecule has 222 valence electrons. The van der Waals surface area contributed by atoms with E-state index in [4.69, 9.17) is 9.97 Å². The molecule has 0 spiro atoms. The number of aliphatic hydroxyl groups is 4. The molecule has 2 aliphatic rings. The Hall–Kier alpha value is -3.56. The fourth-order valence-corrected chi connectivity index (χ4v) is 6.45. The average Bonchev–Trinajstić information content (AvgIpc) is 3.59. The monoisotopic (exact) mass is 570 g/mol. The number of nitrogens with one attached hydrogen (secondary N) is 2. The molecule has 0 aliphatic carbocycles. The van der Waals surface area contributed by atoms with Gasteiger partial charge in [0.2, 0.25) is 0 Å². The van der Waals surface area contributed by atoms with E-state index in [1.54, 1.807) is 0 Å². The average molecular weight is 571 g/mol. The molecule has 5 heterocycles. The molecular weight excluding hydrogens is 528 g/mol. The van der Waals surface area contributed by atoms with Crippen LogP contribution in [0.25, 0.3) is 39.3 Å². The Balaban J connectivity index is 1.89. The normalized spacial score (nSPS) is 17.1. The third kappa shape index (κ3) is 5.60. The Bertz CT molecular complexity index is 1710. The van der Waals surface area contributed by atoms with E-state index in [1.165, 1.54) is 11.1 Å². The summed E-state index contributed by atoms with van der Waals surface area (Å²) in [6, 6.07) is 8.32. The summed E-state index contributed by atoms with van der Waals surface area (Å²) >= 11 is 0. The van der Waals surface area contributed by atoms with Crippen molar-refractivity contribution in [2.75, 3.05) is 0 Å². The minimum absolute atomic E-state index is 0.0329. The zero-order valence-corrected chi connectivity index (χ0v) is 25.1. The van der Waals surface area contributed by atoms with Crippen LogP contribution in [0.2, 0.25) is 0 Å². The van der Waals surface area contributed by atoms with Crippen molar-refractivity contribution < 1.29 is 20.4 Å². The van der Waals surface area contributed by atoms with Gasteiger partial charge in [-0.05, 0) is 98.6 Å². The summed E-state index contributed by atoms with van der Waals surface area (Å²) in [7, 11) is 0. The van der Waals surface area contributed by atoms with Crippen LogP contribution in [-0.4, -0.2) is 52.9 Å². The van der Waals surface area contributed by atoms with Crippen molar-refractivity contribution in [2.24, 2.45) is 0 Å². The number of nitrogens with zero attached hydrogens (tertiary/aromatic N) is 2. The lowest BCUT2D eigenvalue weighted by Gasteiger charge is -2.16. The lowest BCUT2D eigenvalue weighted by molar-refractivity contribution is -0.0477. The first-order valence-electron chi connectivity index (χ1n) is 14.8. The van der Waals surface area contributed by atoms with Gasteiger partial charge in [0, 0.05) is 57.3 Å². The number of allylic oxidation sites excluding steroid dienone is 2. The fraction of sp³-hybridized carbons (Fsp3) is 0.412. The van der Waals surface area contributed by atoms with Crippen LogP contribution in [0.3, 0.4) is 0 Å². The van der Waals surface area contributed by atoms with Gasteiger partial charge in [-0.15, -0.1) is 0 Å². The maximum atomic E-state index is 9.68. The molecular formula is C34H42N4O4. The van der Waals surface area contributed by atoms with E-state index in [0.29, 0.717) is 12.8 Å². The molecule has 0 saturated heterocycles. The highest BCUT2D eigenvalue weighted by Crippen LogP contribution is 2.42. The van der Waals surface area contributed by atoms with Crippen molar-refractivity contribution in [3.63, 3.8) is 0 Å². The molecule has 2 unspecified atom stereocenters. The predicted octanol–water partition coefficient (Wildman–Crippen LogP) is 6.14. The molecule has 0 fully saturated rings. The maximum absolute atomic E-state index is 9.68. The van der Waals surface area contributed by atoms with Gasteiger partial charge in [0.25, 0.3) is 0 Å². The predicted molar refractivity (Wildman–Crippen MR) is 169 cm³/mol. The number of aromatic nitrogens is 4. The first-order valence-corrected chi connectivity index (χ1v) is 14.8. The Morgan fingerprint density at radius 3 is 2.19 bits per heavy atom. The van der Waals surface area contributed by atoms with Crippen molar-refractivity contribution in [2.45, 2.75) is 91.1 Å². The Morgan fingerprint density at radius 2 is 1.52 bits per heavy atom. The number of aliphatic hydroxyl groups excluding tert-OH is 2. The van der Waals surface area contributed by atoms with Gasteiger partial charge in [0.05, 0.1) is 11.4 Å². The van der Waals surface area contributed by atoms with Crippen molar-refractivity contribution in [3.8, 4) is 0 Å². The van der Waals surface area contributed by atoms with Crippen LogP contribution in [0.15, 0.2) is 30.8 Å². The van der Waals surface area contributed by atoms with Crippen LogP contribution < -0.4 is 0 Å². The zero-order chi connectivity index (χ0) is 30.3. The summed E-state index contributed by atoms with van der Waals surface area (Å²) in [6.07, 6.45) is 1.38. The maximum Gasteiger partial charge on any atom is 0.151 e. The third-order valence-electron chi connectivity index (χ3n) is 9.01. The van der Waals surface area contributed by atoms with E-state index in [9.17, 15) is 20.4 Å². The van der Waals surface area contributed by atoms with E-state index in [2.05, 4.69) is 62.4 Å². The van der Waals surface area contributed by atoms with Crippen molar-refractivity contribution in [3.05, 3.63) is 75.9 Å². The molecule has 42 heavy (non-hydrogen) atoms. The molecule has 3 aromatic heterocycles. The number of aryl methyl sites for hydroxylation is 3. The minimum atomic E-state index is -1.41. The van der Waals surface area contributed by atoms with Crippen molar-refractivity contribution >= 4 is 39.3 Å². The third-order valence-corrected chi connectivity index (χ3v) is 9.01. The van der Waals surface area contributed by atoms with E-state index in [0.717, 1.165) is 73.5 Å². The highest BCUT2D eigenvalue weighted by molar-refractivity contribution is 5.92. The SMILES string of the molecule is C=Cc1c(C)c2cc3nc(cc4nc(cc5[nH]c(cc1[nH]2)c(C)c5CC)C(C)=C4CCC(O)O)C(CCC(O)O)C3C. The topological polar surface area (TPSA) is 138 Å². The van der Waals surface area contributed by atoms with E-state index >= 15 is 0 Å². The van der Waals surface area contributed by atoms with Crippen LogP contribution in [0.5, 0.6) is 0 Å². The first kappa shape index (κ1) is 29.9. The van der Waals surface area contributed by atoms with Gasteiger partial charge in [-0.2, -0.15) is 0 Å². The second kappa shape index (κ2) is 12.0. The number of hydrogen-bond acceptors (Lipinski definition) is 6. The van der Waals surface area contributed by atoms with Crippen LogP contribution in [-0.2, 0) is 6.42 Å². The molecule has 0 saturated carbocycles. The molecule has 0 radical (unpaired) electrons. The number of aromatic amines is 2. The van der Waals surface area contributed by atoms with Gasteiger partial charge in [0.15, 0.2) is 12.6 Å². The Kier molecular flexibility index (Phi) is 8.53. The van der Waals surface area contributed by atoms with Gasteiger partial charge in [-0.3, -0.25) is 4.98 Å². The van der Waals surface area contributed by atoms with E-state index in [1.807, 2.05) is 19.1 Å². The molecule has 5 rings (SSSR count). The summed E-state index contributed by atoms with van der Waals surface area (Å²) in [4.78, 5) is 17.4. The Morgan fingerprint density at radius 1 is 0.833 bits per heavy atom. The lowest BCUT2D eigenvalue weighted by atomic mass is 9.87. The summed E-state index contributed by atoms with van der Waals surface area (Å²) in [5, 5.41) is 38.7. The first-order chi connectivity index (χ1) is 20.0. The molecule has 0 amide bonds. The smallest absolute Gasteiger partial charge is 0.151 e. The fourth-order valence-electron chi connectivity index (χ4n) is 6.45. The molecule has 2 atom stereocenters. The largest absolute Gasteiger partial charge is 0.368 e. The van der Waals surface area contributed by atoms with Crippen LogP contribution >= 0.6 is 0 Å². The quantitative estimate of drug-likeness (QED) is 0.180. The summed E-state index contributed by atoms with van der Waals surface area (Å²) in [5.41, 5.74) is 13.8. The second-order valence-electron chi connectivity index (χ2n) is 11.6. The van der Waals surface area contributed by atoms with Crippen LogP contribution in [0.4, 0.5) is 0 Å². The number of rotatable bonds is 8. The molecule has 6 N–H and O–H groups in total. The highest BCUT2D eigenvalue weighted by atomic mass is 16.5. The van der Waals surface area contributed by atoms with E-state index in [-0.39, 0.29) is 24.7 Å². The van der Waals surface area contributed by atoms with Crippen LogP contribution in [0.1, 0.15) is 103 Å². The standard InChI is InChI=1S/C34H42N4O4/c1-7-21-17(3)25-13-26-19(5)23(9-11-33(39)40)31(37-26)16-32-24(10-12-34(41)42)20(6)28(38-32)15-30-22(8-2)18(4)27(36-30)14-29(21)35-25/h7,13-16,19,23,33-36,39-42H,1,8-12H2,2-6H3. The van der Waals surface area contributed by atoms with Gasteiger partial charge >= 0.3 is 0 Å². The Labute approximate surface area is 246 Å². The van der Waals surface area contributed by atoms with Gasteiger partial charge in [-0.25, -0.2) is 4.98 Å². The molecule has 0 aromatic carbocycles. The minimum Gasteiger partial charge on any atom is -0.368 e. The lowest BCUT2D eigenvalue weighted by Crippen LogP contribution is -2.09. The molecule has 3 aromatic rings.